The first-order valence-electron chi connectivity index (χ1n) is 4.29. The molecule has 1 aliphatic heterocycles. The molecule has 1 fully saturated rings. The second-order valence-electron chi connectivity index (χ2n) is 2.44. The zero-order valence-electron chi connectivity index (χ0n) is 7.48. The Hall–Kier alpha value is -0.0800. The van der Waals surface area contributed by atoms with Crippen LogP contribution in [0.15, 0.2) is 0 Å². The molecule has 2 heteroatoms. The largest absolute Gasteiger partial charge is 0.304 e. The molecule has 1 heterocycles. The predicted octanol–water partition coefficient (Wildman–Crippen LogP) is 1.92. The molecule has 1 rings (SSSR count). The van der Waals surface area contributed by atoms with Crippen LogP contribution in [0, 0.1) is 0 Å². The Bertz CT molecular complexity index is 56.6. The molecule has 0 radical (unpaired) electrons. The summed E-state index contributed by atoms with van der Waals surface area (Å²) in [4.78, 5) is 2.31. The van der Waals surface area contributed by atoms with Gasteiger partial charge in [0.15, 0.2) is 0 Å². The minimum Gasteiger partial charge on any atom is -0.304 e. The summed E-state index contributed by atoms with van der Waals surface area (Å²) in [5.74, 6) is 0. The maximum absolute atomic E-state index is 3.32. The van der Waals surface area contributed by atoms with Crippen LogP contribution >= 0.6 is 0 Å². The van der Waals surface area contributed by atoms with Crippen LogP contribution in [0.1, 0.15) is 34.1 Å². The molecule has 0 aromatic heterocycles. The molecule has 0 amide bonds. The summed E-state index contributed by atoms with van der Waals surface area (Å²) in [5.41, 5.74) is 0. The Morgan fingerprint density at radius 1 is 1.18 bits per heavy atom. The third kappa shape index (κ3) is 7.82. The molecule has 70 valence electrons. The lowest BCUT2D eigenvalue weighted by molar-refractivity contribution is 0.332. The van der Waals surface area contributed by atoms with Crippen LogP contribution in [0.2, 0.25) is 0 Å². The highest BCUT2D eigenvalue weighted by Gasteiger charge is 2.00. The Labute approximate surface area is 72.0 Å². The van der Waals surface area contributed by atoms with Crippen LogP contribution in [0.25, 0.3) is 0 Å². The minimum absolute atomic E-state index is 0. The molecule has 1 saturated heterocycles. The highest BCUT2D eigenvalue weighted by atomic mass is 15.2. The summed E-state index contributed by atoms with van der Waals surface area (Å²) in [6.07, 6.45) is 2.69. The zero-order valence-corrected chi connectivity index (χ0v) is 7.48. The van der Waals surface area contributed by atoms with E-state index in [1.165, 1.54) is 25.9 Å². The molecule has 2 nitrogen and oxygen atoms in total. The summed E-state index contributed by atoms with van der Waals surface area (Å²) in [6.45, 7) is 7.53. The van der Waals surface area contributed by atoms with E-state index in [0.29, 0.717) is 0 Å². The average molecular weight is 160 g/mol. The Kier molecular flexibility index (Phi) is 12.2. The number of hydrogen-bond acceptors (Lipinski definition) is 2. The van der Waals surface area contributed by atoms with E-state index < -0.39 is 0 Å². The highest BCUT2D eigenvalue weighted by Crippen LogP contribution is 1.93. The molecular formula is C9H24N2. The summed E-state index contributed by atoms with van der Waals surface area (Å²) in [7, 11) is 2.15. The molecule has 0 atom stereocenters. The van der Waals surface area contributed by atoms with Crippen molar-refractivity contribution in [2.45, 2.75) is 34.1 Å². The van der Waals surface area contributed by atoms with Gasteiger partial charge < -0.3 is 5.32 Å². The number of nitrogens with zero attached hydrogens (tertiary/aromatic N) is 1. The second kappa shape index (κ2) is 9.92. The summed E-state index contributed by atoms with van der Waals surface area (Å²) in [6, 6.07) is 0. The van der Waals surface area contributed by atoms with Crippen LogP contribution < -0.4 is 5.32 Å². The predicted molar refractivity (Wildman–Crippen MR) is 52.8 cm³/mol. The van der Waals surface area contributed by atoms with Crippen molar-refractivity contribution in [3.05, 3.63) is 0 Å². The van der Waals surface area contributed by atoms with E-state index >= 15 is 0 Å². The van der Waals surface area contributed by atoms with Crippen LogP contribution in [0.5, 0.6) is 0 Å². The lowest BCUT2D eigenvalue weighted by Crippen LogP contribution is -2.28. The monoisotopic (exact) mass is 160 g/mol. The third-order valence-electron chi connectivity index (χ3n) is 1.53. The van der Waals surface area contributed by atoms with Gasteiger partial charge in [0.2, 0.25) is 0 Å². The van der Waals surface area contributed by atoms with Gasteiger partial charge in [0.05, 0.1) is 0 Å². The van der Waals surface area contributed by atoms with Gasteiger partial charge in [-0.1, -0.05) is 21.3 Å². The van der Waals surface area contributed by atoms with Crippen molar-refractivity contribution >= 4 is 0 Å². The maximum atomic E-state index is 3.32. The number of nitrogens with one attached hydrogen (secondary N) is 1. The van der Waals surface area contributed by atoms with Gasteiger partial charge in [-0.25, -0.2) is 0 Å². The molecule has 0 aromatic rings. The molecule has 1 aliphatic rings. The third-order valence-corrected chi connectivity index (χ3v) is 1.53. The SMILES string of the molecule is C.CC.CN1CCCCNC1. The van der Waals surface area contributed by atoms with Crippen molar-refractivity contribution in [1.82, 2.24) is 10.2 Å². The number of hydrogen-bond donors (Lipinski definition) is 1. The van der Waals surface area contributed by atoms with Gasteiger partial charge in [-0.2, -0.15) is 0 Å². The fourth-order valence-corrected chi connectivity index (χ4v) is 0.981. The van der Waals surface area contributed by atoms with Crippen molar-refractivity contribution in [2.24, 2.45) is 0 Å². The van der Waals surface area contributed by atoms with Gasteiger partial charge in [-0.3, -0.25) is 4.90 Å². The fraction of sp³-hybridized carbons (Fsp3) is 1.00. The van der Waals surface area contributed by atoms with E-state index in [-0.39, 0.29) is 7.43 Å². The van der Waals surface area contributed by atoms with Gasteiger partial charge in [-0.05, 0) is 33.0 Å². The molecular weight excluding hydrogens is 136 g/mol. The second-order valence-corrected chi connectivity index (χ2v) is 2.44. The smallest absolute Gasteiger partial charge is 0.0477 e. The van der Waals surface area contributed by atoms with Crippen molar-refractivity contribution < 1.29 is 0 Å². The first kappa shape index (κ1) is 13.5. The Balaban J connectivity index is 0. The maximum Gasteiger partial charge on any atom is 0.0477 e. The summed E-state index contributed by atoms with van der Waals surface area (Å²) in [5, 5.41) is 3.32. The van der Waals surface area contributed by atoms with Crippen molar-refractivity contribution in [2.75, 3.05) is 26.8 Å². The molecule has 0 bridgehead atoms. The Morgan fingerprint density at radius 3 is 2.45 bits per heavy atom. The van der Waals surface area contributed by atoms with E-state index in [4.69, 9.17) is 0 Å². The molecule has 0 unspecified atom stereocenters. The quantitative estimate of drug-likeness (QED) is 0.582. The van der Waals surface area contributed by atoms with Gasteiger partial charge in [0.25, 0.3) is 0 Å². The van der Waals surface area contributed by atoms with Gasteiger partial charge in [0.1, 0.15) is 0 Å². The van der Waals surface area contributed by atoms with Crippen molar-refractivity contribution in [3.63, 3.8) is 0 Å². The fourth-order valence-electron chi connectivity index (χ4n) is 0.981. The zero-order chi connectivity index (χ0) is 7.82. The lowest BCUT2D eigenvalue weighted by atomic mass is 10.3. The number of rotatable bonds is 0. The minimum atomic E-state index is 0. The lowest BCUT2D eigenvalue weighted by Gasteiger charge is -2.10. The first-order valence-corrected chi connectivity index (χ1v) is 4.29. The van der Waals surface area contributed by atoms with Crippen LogP contribution in [0.3, 0.4) is 0 Å². The van der Waals surface area contributed by atoms with E-state index in [0.717, 1.165) is 6.67 Å². The van der Waals surface area contributed by atoms with Crippen LogP contribution in [-0.4, -0.2) is 31.7 Å². The summed E-state index contributed by atoms with van der Waals surface area (Å²) < 4.78 is 0. The van der Waals surface area contributed by atoms with E-state index in [1.54, 1.807) is 0 Å². The standard InChI is InChI=1S/C6H14N2.C2H6.CH4/c1-8-5-3-2-4-7-6-8;1-2;/h7H,2-6H2,1H3;1-2H3;1H4. The van der Waals surface area contributed by atoms with Gasteiger partial charge >= 0.3 is 0 Å². The Morgan fingerprint density at radius 2 is 1.82 bits per heavy atom. The molecule has 0 aliphatic carbocycles. The van der Waals surface area contributed by atoms with Crippen LogP contribution in [0.4, 0.5) is 0 Å². The van der Waals surface area contributed by atoms with Gasteiger partial charge in [-0.15, -0.1) is 0 Å². The van der Waals surface area contributed by atoms with Crippen LogP contribution in [-0.2, 0) is 0 Å². The molecule has 1 N–H and O–H groups in total. The summed E-state index contributed by atoms with van der Waals surface area (Å²) >= 11 is 0. The van der Waals surface area contributed by atoms with E-state index in [2.05, 4.69) is 17.3 Å². The van der Waals surface area contributed by atoms with Crippen molar-refractivity contribution in [1.29, 1.82) is 0 Å². The normalized spacial score (nSPS) is 18.8. The van der Waals surface area contributed by atoms with Gasteiger partial charge in [0, 0.05) is 6.67 Å². The molecule has 11 heavy (non-hydrogen) atoms. The molecule has 0 saturated carbocycles. The molecule has 0 spiro atoms. The molecule has 0 aromatic carbocycles. The van der Waals surface area contributed by atoms with E-state index in [1.807, 2.05) is 13.8 Å². The topological polar surface area (TPSA) is 15.3 Å². The van der Waals surface area contributed by atoms with E-state index in [9.17, 15) is 0 Å². The highest BCUT2D eigenvalue weighted by molar-refractivity contribution is 4.56. The average Bonchev–Trinajstić information content (AvgIpc) is 2.21. The van der Waals surface area contributed by atoms with Crippen molar-refractivity contribution in [3.8, 4) is 0 Å². The first-order chi connectivity index (χ1) is 4.89.